The van der Waals surface area contributed by atoms with E-state index in [1.165, 1.54) is 0 Å². The molecule has 0 aromatic heterocycles. The summed E-state index contributed by atoms with van der Waals surface area (Å²) in [4.78, 5) is 22.8. The molecule has 1 aromatic rings. The topological polar surface area (TPSA) is 63.6 Å². The first-order valence-corrected chi connectivity index (χ1v) is 7.73. The summed E-state index contributed by atoms with van der Waals surface area (Å²) in [6, 6.07) is 1.42. The number of aromatic carboxylic acids is 1. The number of esters is 1. The highest BCUT2D eigenvalue weighted by atomic mass is 32.2. The second-order valence-corrected chi connectivity index (χ2v) is 6.19. The van der Waals surface area contributed by atoms with Gasteiger partial charge in [-0.15, -0.1) is 11.8 Å². The Morgan fingerprint density at radius 3 is 2.41 bits per heavy atom. The molecular formula is C15H18F2O4S. The minimum atomic E-state index is -1.49. The van der Waals surface area contributed by atoms with Crippen molar-refractivity contribution in [3.63, 3.8) is 0 Å². The number of hydrogen-bond donors (Lipinski definition) is 1. The molecule has 1 rings (SSSR count). The predicted molar refractivity (Wildman–Crippen MR) is 79.1 cm³/mol. The van der Waals surface area contributed by atoms with Gasteiger partial charge >= 0.3 is 11.9 Å². The smallest absolute Gasteiger partial charge is 0.338 e. The van der Waals surface area contributed by atoms with Crippen LogP contribution < -0.4 is 0 Å². The third kappa shape index (κ3) is 4.98. The van der Waals surface area contributed by atoms with Crippen LogP contribution in [0.3, 0.4) is 0 Å². The number of ether oxygens (including phenoxy) is 1. The second-order valence-electron chi connectivity index (χ2n) is 4.95. The van der Waals surface area contributed by atoms with E-state index in [4.69, 9.17) is 9.84 Å². The Morgan fingerprint density at radius 1 is 1.27 bits per heavy atom. The van der Waals surface area contributed by atoms with Gasteiger partial charge in [0.1, 0.15) is 16.9 Å². The summed E-state index contributed by atoms with van der Waals surface area (Å²) < 4.78 is 32.3. The molecule has 0 fully saturated rings. The van der Waals surface area contributed by atoms with Crippen LogP contribution in [-0.4, -0.2) is 28.4 Å². The van der Waals surface area contributed by atoms with Crippen molar-refractivity contribution in [1.82, 2.24) is 0 Å². The van der Waals surface area contributed by atoms with Crippen LogP contribution in [0.25, 0.3) is 0 Å². The molecule has 0 aliphatic carbocycles. The van der Waals surface area contributed by atoms with Gasteiger partial charge in [-0.05, 0) is 26.3 Å². The predicted octanol–water partition coefficient (Wildman–Crippen LogP) is 3.88. The van der Waals surface area contributed by atoms with Crippen LogP contribution in [0.1, 0.15) is 44.0 Å². The summed E-state index contributed by atoms with van der Waals surface area (Å²) >= 11 is 0.851. The molecule has 1 N–H and O–H groups in total. The first-order valence-electron chi connectivity index (χ1n) is 6.85. The molecule has 122 valence electrons. The zero-order valence-corrected chi connectivity index (χ0v) is 13.4. The Kier molecular flexibility index (Phi) is 6.80. The first kappa shape index (κ1) is 18.4. The number of halogens is 2. The van der Waals surface area contributed by atoms with Gasteiger partial charge in [-0.25, -0.2) is 13.6 Å². The first-order chi connectivity index (χ1) is 10.3. The van der Waals surface area contributed by atoms with E-state index in [0.29, 0.717) is 18.9 Å². The number of carbonyl (C=O) groups is 2. The third-order valence-electron chi connectivity index (χ3n) is 2.69. The van der Waals surface area contributed by atoms with Crippen LogP contribution in [0.15, 0.2) is 17.0 Å². The van der Waals surface area contributed by atoms with E-state index in [1.807, 2.05) is 6.92 Å². The average Bonchev–Trinajstić information content (AvgIpc) is 2.39. The average molecular weight is 332 g/mol. The van der Waals surface area contributed by atoms with Crippen molar-refractivity contribution in [2.24, 2.45) is 0 Å². The van der Waals surface area contributed by atoms with E-state index in [2.05, 4.69) is 0 Å². The minimum absolute atomic E-state index is 0.0852. The van der Waals surface area contributed by atoms with Crippen LogP contribution in [0.4, 0.5) is 8.78 Å². The number of benzene rings is 1. The largest absolute Gasteiger partial charge is 0.478 e. The van der Waals surface area contributed by atoms with Crippen LogP contribution in [0.5, 0.6) is 0 Å². The fraction of sp³-hybridized carbons (Fsp3) is 0.467. The standard InChI is InChI=1S/C15H18F2O4S/c1-4-5-12(15(20)21-8(2)3)22-13-6-9(14(18)19)10(16)7-11(13)17/h6-8,12H,4-5H2,1-3H3,(H,18,19). The number of carboxylic acid groups (broad SMARTS) is 1. The van der Waals surface area contributed by atoms with Crippen LogP contribution >= 0.6 is 11.8 Å². The van der Waals surface area contributed by atoms with Crippen molar-refractivity contribution in [1.29, 1.82) is 0 Å². The van der Waals surface area contributed by atoms with Crippen LogP contribution in [0.2, 0.25) is 0 Å². The molecule has 1 aromatic carbocycles. The van der Waals surface area contributed by atoms with E-state index < -0.39 is 34.4 Å². The molecule has 0 heterocycles. The van der Waals surface area contributed by atoms with E-state index in [0.717, 1.165) is 17.8 Å². The Labute approximate surface area is 131 Å². The summed E-state index contributed by atoms with van der Waals surface area (Å²) in [6.07, 6.45) is 0.801. The van der Waals surface area contributed by atoms with E-state index in [9.17, 15) is 18.4 Å². The Hall–Kier alpha value is -1.63. The molecule has 0 aliphatic rings. The number of rotatable bonds is 7. The molecule has 7 heteroatoms. The number of hydrogen-bond acceptors (Lipinski definition) is 4. The normalized spacial score (nSPS) is 12.3. The lowest BCUT2D eigenvalue weighted by atomic mass is 10.2. The fourth-order valence-corrected chi connectivity index (χ4v) is 2.90. The molecule has 0 aliphatic heterocycles. The molecule has 0 bridgehead atoms. The monoisotopic (exact) mass is 332 g/mol. The van der Waals surface area contributed by atoms with Crippen molar-refractivity contribution >= 4 is 23.7 Å². The maximum Gasteiger partial charge on any atom is 0.338 e. The molecule has 0 amide bonds. The molecule has 0 spiro atoms. The molecular weight excluding hydrogens is 314 g/mol. The van der Waals surface area contributed by atoms with Gasteiger partial charge in [0.15, 0.2) is 0 Å². The van der Waals surface area contributed by atoms with Gasteiger partial charge in [-0.2, -0.15) is 0 Å². The Balaban J connectivity index is 3.05. The van der Waals surface area contributed by atoms with Gasteiger partial charge in [0.25, 0.3) is 0 Å². The molecule has 1 unspecified atom stereocenters. The lowest BCUT2D eigenvalue weighted by molar-refractivity contribution is -0.146. The van der Waals surface area contributed by atoms with E-state index in [-0.39, 0.29) is 11.0 Å². The molecule has 0 radical (unpaired) electrons. The van der Waals surface area contributed by atoms with Gasteiger partial charge < -0.3 is 9.84 Å². The Bertz CT molecular complexity index is 561. The minimum Gasteiger partial charge on any atom is -0.478 e. The second kappa shape index (κ2) is 8.12. The Morgan fingerprint density at radius 2 is 1.91 bits per heavy atom. The van der Waals surface area contributed by atoms with Crippen molar-refractivity contribution < 1.29 is 28.2 Å². The maximum absolute atomic E-state index is 13.8. The number of carbonyl (C=O) groups excluding carboxylic acids is 1. The summed E-state index contributed by atoms with van der Waals surface area (Å²) in [5, 5.41) is 8.21. The van der Waals surface area contributed by atoms with Crippen LogP contribution in [0, 0.1) is 11.6 Å². The lowest BCUT2D eigenvalue weighted by Crippen LogP contribution is -2.23. The van der Waals surface area contributed by atoms with E-state index >= 15 is 0 Å². The van der Waals surface area contributed by atoms with E-state index in [1.54, 1.807) is 13.8 Å². The number of thioether (sulfide) groups is 1. The van der Waals surface area contributed by atoms with Gasteiger partial charge in [0.2, 0.25) is 0 Å². The van der Waals surface area contributed by atoms with Gasteiger partial charge in [0, 0.05) is 11.0 Å². The quantitative estimate of drug-likeness (QED) is 0.606. The van der Waals surface area contributed by atoms with Crippen LogP contribution in [-0.2, 0) is 9.53 Å². The summed E-state index contributed by atoms with van der Waals surface area (Å²) in [7, 11) is 0. The molecule has 0 saturated heterocycles. The fourth-order valence-electron chi connectivity index (χ4n) is 1.73. The maximum atomic E-state index is 13.8. The highest BCUT2D eigenvalue weighted by Crippen LogP contribution is 2.31. The molecule has 1 atom stereocenters. The highest BCUT2D eigenvalue weighted by Gasteiger charge is 2.24. The van der Waals surface area contributed by atoms with Crippen molar-refractivity contribution in [2.45, 2.75) is 49.9 Å². The third-order valence-corrected chi connectivity index (χ3v) is 3.97. The lowest BCUT2D eigenvalue weighted by Gasteiger charge is -2.17. The number of carboxylic acids is 1. The molecule has 22 heavy (non-hydrogen) atoms. The highest BCUT2D eigenvalue weighted by molar-refractivity contribution is 8.00. The van der Waals surface area contributed by atoms with Crippen molar-refractivity contribution in [2.75, 3.05) is 0 Å². The molecule has 0 saturated carbocycles. The van der Waals surface area contributed by atoms with Gasteiger partial charge in [0.05, 0.1) is 11.7 Å². The molecule has 4 nitrogen and oxygen atoms in total. The summed E-state index contributed by atoms with van der Waals surface area (Å²) in [5.74, 6) is -4.03. The zero-order valence-electron chi connectivity index (χ0n) is 12.6. The van der Waals surface area contributed by atoms with Crippen molar-refractivity contribution in [3.8, 4) is 0 Å². The summed E-state index contributed by atoms with van der Waals surface area (Å²) in [5.41, 5.74) is -0.628. The SMILES string of the molecule is CCCC(Sc1cc(C(=O)O)c(F)cc1F)C(=O)OC(C)C. The van der Waals surface area contributed by atoms with Crippen molar-refractivity contribution in [3.05, 3.63) is 29.3 Å². The zero-order chi connectivity index (χ0) is 16.9. The van der Waals surface area contributed by atoms with Gasteiger partial charge in [-0.1, -0.05) is 13.3 Å². The summed E-state index contributed by atoms with van der Waals surface area (Å²) in [6.45, 7) is 5.26. The van der Waals surface area contributed by atoms with Gasteiger partial charge in [-0.3, -0.25) is 4.79 Å².